The molecule has 1 aromatic carbocycles. The van der Waals surface area contributed by atoms with Crippen LogP contribution in [0.4, 0.5) is 0 Å². The fourth-order valence-corrected chi connectivity index (χ4v) is 2.22. The molecule has 0 aliphatic carbocycles. The highest BCUT2D eigenvalue weighted by Gasteiger charge is 2.06. The normalized spacial score (nSPS) is 12.8. The highest BCUT2D eigenvalue weighted by molar-refractivity contribution is 6.30. The fourth-order valence-electron chi connectivity index (χ4n) is 2.09. The molecule has 0 radical (unpaired) electrons. The van der Waals surface area contributed by atoms with Gasteiger partial charge in [0.1, 0.15) is 11.9 Å². The first-order valence-electron chi connectivity index (χ1n) is 7.98. The van der Waals surface area contributed by atoms with E-state index in [1.54, 1.807) is 4.68 Å². The lowest BCUT2D eigenvalue weighted by Gasteiger charge is -2.17. The fraction of sp³-hybridized carbons (Fsp3) is 0.412. The first-order chi connectivity index (χ1) is 11.6. The lowest BCUT2D eigenvalue weighted by atomic mass is 10.3. The highest BCUT2D eigenvalue weighted by atomic mass is 35.5. The molecular formula is C17H24ClN5O. The van der Waals surface area contributed by atoms with E-state index in [1.165, 1.54) is 0 Å². The summed E-state index contributed by atoms with van der Waals surface area (Å²) < 4.78 is 7.62. The summed E-state index contributed by atoms with van der Waals surface area (Å²) in [5, 5.41) is 11.4. The molecule has 0 bridgehead atoms. The molecule has 24 heavy (non-hydrogen) atoms. The minimum Gasteiger partial charge on any atom is -0.489 e. The van der Waals surface area contributed by atoms with Crippen LogP contribution in [-0.2, 0) is 13.6 Å². The van der Waals surface area contributed by atoms with Crippen LogP contribution in [-0.4, -0.2) is 34.9 Å². The van der Waals surface area contributed by atoms with Gasteiger partial charge in [0.25, 0.3) is 0 Å². The third-order valence-corrected chi connectivity index (χ3v) is 3.48. The number of hydrogen-bond donors (Lipinski definition) is 2. The van der Waals surface area contributed by atoms with Gasteiger partial charge in [-0.25, -0.2) is 4.99 Å². The molecule has 1 aromatic heterocycles. The van der Waals surface area contributed by atoms with Crippen LogP contribution in [0, 0.1) is 0 Å². The van der Waals surface area contributed by atoms with E-state index in [9.17, 15) is 0 Å². The number of aliphatic imine (C=N–C) groups is 1. The smallest absolute Gasteiger partial charge is 0.191 e. The van der Waals surface area contributed by atoms with Crippen LogP contribution in [0.5, 0.6) is 5.75 Å². The number of halogens is 1. The Labute approximate surface area is 147 Å². The van der Waals surface area contributed by atoms with Crippen LogP contribution < -0.4 is 15.4 Å². The average Bonchev–Trinajstić information content (AvgIpc) is 2.98. The van der Waals surface area contributed by atoms with Gasteiger partial charge in [-0.15, -0.1) is 0 Å². The molecular weight excluding hydrogens is 326 g/mol. The van der Waals surface area contributed by atoms with Crippen LogP contribution in [0.25, 0.3) is 0 Å². The number of benzene rings is 1. The van der Waals surface area contributed by atoms with Gasteiger partial charge in [-0.3, -0.25) is 4.68 Å². The Morgan fingerprint density at radius 2 is 2.08 bits per heavy atom. The van der Waals surface area contributed by atoms with Crippen molar-refractivity contribution in [2.24, 2.45) is 12.0 Å². The van der Waals surface area contributed by atoms with E-state index in [-0.39, 0.29) is 6.10 Å². The molecule has 2 N–H and O–H groups in total. The average molecular weight is 350 g/mol. The van der Waals surface area contributed by atoms with Crippen molar-refractivity contribution < 1.29 is 4.74 Å². The van der Waals surface area contributed by atoms with Crippen molar-refractivity contribution in [1.29, 1.82) is 0 Å². The Morgan fingerprint density at radius 3 is 2.71 bits per heavy atom. The van der Waals surface area contributed by atoms with Crippen molar-refractivity contribution in [1.82, 2.24) is 20.4 Å². The number of guanidine groups is 1. The van der Waals surface area contributed by atoms with E-state index in [0.29, 0.717) is 18.1 Å². The van der Waals surface area contributed by atoms with Gasteiger partial charge >= 0.3 is 0 Å². The number of aryl methyl sites for hydroxylation is 1. The standard InChI is InChI=1S/C17H24ClN5O/c1-4-19-17(21-10-14-11-22-23(3)12-14)20-9-13(2)24-16-7-5-15(18)6-8-16/h5-8,11-13H,4,9-10H2,1-3H3,(H2,19,20,21). The molecule has 0 saturated heterocycles. The molecule has 0 spiro atoms. The quantitative estimate of drug-likeness (QED) is 0.595. The van der Waals surface area contributed by atoms with Crippen molar-refractivity contribution in [2.75, 3.05) is 13.1 Å². The molecule has 2 rings (SSSR count). The van der Waals surface area contributed by atoms with E-state index in [0.717, 1.165) is 23.8 Å². The number of hydrogen-bond acceptors (Lipinski definition) is 3. The highest BCUT2D eigenvalue weighted by Crippen LogP contribution is 2.16. The molecule has 2 aromatic rings. The summed E-state index contributed by atoms with van der Waals surface area (Å²) in [4.78, 5) is 4.56. The topological polar surface area (TPSA) is 63.5 Å². The molecule has 1 unspecified atom stereocenters. The van der Waals surface area contributed by atoms with Crippen molar-refractivity contribution in [2.45, 2.75) is 26.5 Å². The number of nitrogens with one attached hydrogen (secondary N) is 2. The lowest BCUT2D eigenvalue weighted by molar-refractivity contribution is 0.224. The van der Waals surface area contributed by atoms with Crippen molar-refractivity contribution in [3.05, 3.63) is 47.2 Å². The summed E-state index contributed by atoms with van der Waals surface area (Å²) in [6.07, 6.45) is 3.77. The van der Waals surface area contributed by atoms with Gasteiger partial charge in [-0.2, -0.15) is 5.10 Å². The minimum atomic E-state index is -0.00609. The zero-order chi connectivity index (χ0) is 17.4. The predicted octanol–water partition coefficient (Wildman–Crippen LogP) is 2.60. The molecule has 130 valence electrons. The third kappa shape index (κ3) is 6.12. The largest absolute Gasteiger partial charge is 0.489 e. The summed E-state index contributed by atoms with van der Waals surface area (Å²) in [6.45, 7) is 6.06. The number of aromatic nitrogens is 2. The Morgan fingerprint density at radius 1 is 1.33 bits per heavy atom. The zero-order valence-electron chi connectivity index (χ0n) is 14.3. The molecule has 0 fully saturated rings. The lowest BCUT2D eigenvalue weighted by Crippen LogP contribution is -2.41. The maximum absolute atomic E-state index is 5.87. The molecule has 0 aliphatic heterocycles. The molecule has 1 heterocycles. The molecule has 0 amide bonds. The van der Waals surface area contributed by atoms with Crippen LogP contribution >= 0.6 is 11.6 Å². The molecule has 0 aliphatic rings. The minimum absolute atomic E-state index is 0.00609. The van der Waals surface area contributed by atoms with E-state index < -0.39 is 0 Å². The first kappa shape index (κ1) is 18.1. The summed E-state index contributed by atoms with van der Waals surface area (Å²) in [5.41, 5.74) is 1.07. The van der Waals surface area contributed by atoms with E-state index in [2.05, 4.69) is 20.7 Å². The monoisotopic (exact) mass is 349 g/mol. The van der Waals surface area contributed by atoms with Crippen LogP contribution in [0.15, 0.2) is 41.7 Å². The van der Waals surface area contributed by atoms with Crippen LogP contribution in [0.2, 0.25) is 5.02 Å². The predicted molar refractivity (Wildman–Crippen MR) is 97.6 cm³/mol. The van der Waals surface area contributed by atoms with Crippen LogP contribution in [0.1, 0.15) is 19.4 Å². The first-order valence-corrected chi connectivity index (χ1v) is 8.36. The molecule has 7 heteroatoms. The van der Waals surface area contributed by atoms with E-state index >= 15 is 0 Å². The van der Waals surface area contributed by atoms with Gasteiger partial charge in [0.2, 0.25) is 0 Å². The second-order valence-corrected chi connectivity index (χ2v) is 5.92. The number of nitrogens with zero attached hydrogens (tertiary/aromatic N) is 3. The Bertz CT molecular complexity index is 653. The molecule has 6 nitrogen and oxygen atoms in total. The summed E-state index contributed by atoms with van der Waals surface area (Å²) in [5.74, 6) is 1.55. The summed E-state index contributed by atoms with van der Waals surface area (Å²) in [7, 11) is 1.90. The molecule has 1 atom stereocenters. The Balaban J connectivity index is 1.84. The van der Waals surface area contributed by atoms with Gasteiger partial charge in [-0.05, 0) is 38.1 Å². The number of rotatable bonds is 7. The van der Waals surface area contributed by atoms with Gasteiger partial charge in [-0.1, -0.05) is 11.6 Å². The van der Waals surface area contributed by atoms with Crippen molar-refractivity contribution in [3.8, 4) is 5.75 Å². The summed E-state index contributed by atoms with van der Waals surface area (Å²) >= 11 is 5.87. The van der Waals surface area contributed by atoms with Gasteiger partial charge < -0.3 is 15.4 Å². The summed E-state index contributed by atoms with van der Waals surface area (Å²) in [6, 6.07) is 7.36. The SMILES string of the molecule is CCNC(=NCc1cnn(C)c1)NCC(C)Oc1ccc(Cl)cc1. The maximum atomic E-state index is 5.87. The van der Waals surface area contributed by atoms with Gasteiger partial charge in [0.05, 0.1) is 19.3 Å². The Kier molecular flexibility index (Phi) is 6.93. The van der Waals surface area contributed by atoms with E-state index in [1.807, 2.05) is 57.6 Å². The zero-order valence-corrected chi connectivity index (χ0v) is 15.0. The van der Waals surface area contributed by atoms with Crippen molar-refractivity contribution in [3.63, 3.8) is 0 Å². The second-order valence-electron chi connectivity index (χ2n) is 5.48. The third-order valence-electron chi connectivity index (χ3n) is 3.23. The maximum Gasteiger partial charge on any atom is 0.191 e. The Hall–Kier alpha value is -2.21. The van der Waals surface area contributed by atoms with Gasteiger partial charge in [0, 0.05) is 30.4 Å². The van der Waals surface area contributed by atoms with Crippen LogP contribution in [0.3, 0.4) is 0 Å². The second kappa shape index (κ2) is 9.17. The number of ether oxygens (including phenoxy) is 1. The van der Waals surface area contributed by atoms with Crippen molar-refractivity contribution >= 4 is 17.6 Å². The molecule has 0 saturated carbocycles. The van der Waals surface area contributed by atoms with E-state index in [4.69, 9.17) is 16.3 Å². The van der Waals surface area contributed by atoms with Gasteiger partial charge in [0.15, 0.2) is 5.96 Å².